The number of hydrogen-bond donors (Lipinski definition) is 2. The average molecular weight is 280 g/mol. The van der Waals surface area contributed by atoms with E-state index in [1.807, 2.05) is 0 Å². The van der Waals surface area contributed by atoms with Crippen LogP contribution < -0.4 is 11.3 Å². The first-order chi connectivity index (χ1) is 10.3. The van der Waals surface area contributed by atoms with E-state index in [-0.39, 0.29) is 6.04 Å². The molecule has 1 saturated carbocycles. The summed E-state index contributed by atoms with van der Waals surface area (Å²) >= 11 is 0. The van der Waals surface area contributed by atoms with E-state index in [0.29, 0.717) is 0 Å². The van der Waals surface area contributed by atoms with Gasteiger partial charge < -0.3 is 0 Å². The third kappa shape index (κ3) is 3.34. The Kier molecular flexibility index (Phi) is 4.37. The molecular weight excluding hydrogens is 256 g/mol. The van der Waals surface area contributed by atoms with Gasteiger partial charge in [0, 0.05) is 6.04 Å². The van der Waals surface area contributed by atoms with E-state index in [9.17, 15) is 0 Å². The summed E-state index contributed by atoms with van der Waals surface area (Å²) in [5, 5.41) is 0. The first-order valence-corrected chi connectivity index (χ1v) is 7.88. The van der Waals surface area contributed by atoms with E-state index in [0.717, 1.165) is 12.3 Å². The number of aryl methyl sites for hydroxylation is 1. The van der Waals surface area contributed by atoms with Crippen LogP contribution in [0.25, 0.3) is 0 Å². The average Bonchev–Trinajstić information content (AvgIpc) is 2.43. The number of benzene rings is 2. The molecule has 2 heteroatoms. The van der Waals surface area contributed by atoms with Crippen LogP contribution in [-0.2, 0) is 6.42 Å². The Morgan fingerprint density at radius 1 is 1.14 bits per heavy atom. The van der Waals surface area contributed by atoms with Crippen LogP contribution in [0.2, 0.25) is 0 Å². The third-order valence-electron chi connectivity index (χ3n) is 4.61. The zero-order valence-electron chi connectivity index (χ0n) is 12.7. The molecule has 0 radical (unpaired) electrons. The fraction of sp³-hybridized carbons (Fsp3) is 0.368. The molecule has 0 heterocycles. The lowest BCUT2D eigenvalue weighted by Crippen LogP contribution is -2.29. The quantitative estimate of drug-likeness (QED) is 0.641. The Morgan fingerprint density at radius 2 is 1.95 bits per heavy atom. The van der Waals surface area contributed by atoms with Gasteiger partial charge in [-0.15, -0.1) is 0 Å². The lowest BCUT2D eigenvalue weighted by Gasteiger charge is -2.27. The van der Waals surface area contributed by atoms with Crippen molar-refractivity contribution < 1.29 is 0 Å². The van der Waals surface area contributed by atoms with Crippen LogP contribution in [0, 0.1) is 6.92 Å². The highest BCUT2D eigenvalue weighted by Crippen LogP contribution is 2.37. The van der Waals surface area contributed by atoms with Crippen LogP contribution in [0.1, 0.15) is 53.5 Å². The summed E-state index contributed by atoms with van der Waals surface area (Å²) in [5.74, 6) is 6.58. The molecule has 2 nitrogen and oxygen atoms in total. The summed E-state index contributed by atoms with van der Waals surface area (Å²) in [7, 11) is 0. The predicted molar refractivity (Wildman–Crippen MR) is 88.0 cm³/mol. The van der Waals surface area contributed by atoms with Gasteiger partial charge in [-0.05, 0) is 48.8 Å². The van der Waals surface area contributed by atoms with Gasteiger partial charge in [0.2, 0.25) is 0 Å². The van der Waals surface area contributed by atoms with Crippen molar-refractivity contribution in [2.75, 3.05) is 0 Å². The van der Waals surface area contributed by atoms with Gasteiger partial charge in [0.05, 0.1) is 0 Å². The van der Waals surface area contributed by atoms with Crippen LogP contribution in [0.4, 0.5) is 0 Å². The number of hydrazine groups is 1. The highest BCUT2D eigenvalue weighted by atomic mass is 15.2. The smallest absolute Gasteiger partial charge is 0.0500 e. The van der Waals surface area contributed by atoms with Crippen molar-refractivity contribution in [1.82, 2.24) is 5.43 Å². The molecule has 2 aromatic rings. The van der Waals surface area contributed by atoms with Crippen molar-refractivity contribution in [3.8, 4) is 0 Å². The van der Waals surface area contributed by atoms with E-state index in [1.165, 1.54) is 41.5 Å². The van der Waals surface area contributed by atoms with E-state index < -0.39 is 0 Å². The fourth-order valence-corrected chi connectivity index (χ4v) is 3.12. The molecule has 1 aliphatic carbocycles. The Hall–Kier alpha value is -1.64. The van der Waals surface area contributed by atoms with E-state index in [2.05, 4.69) is 60.9 Å². The van der Waals surface area contributed by atoms with E-state index in [4.69, 9.17) is 5.84 Å². The molecule has 1 unspecified atom stereocenters. The molecule has 1 fully saturated rings. The molecule has 0 aliphatic heterocycles. The minimum absolute atomic E-state index is 0.173. The molecule has 0 spiro atoms. The van der Waals surface area contributed by atoms with E-state index >= 15 is 0 Å². The minimum Gasteiger partial charge on any atom is -0.271 e. The highest BCUT2D eigenvalue weighted by molar-refractivity contribution is 5.31. The maximum Gasteiger partial charge on any atom is 0.0500 e. The standard InChI is InChI=1S/C19H24N2/c1-14-5-2-6-15(11-14)12-19(21-20)18-10-4-9-17(13-18)16-7-3-8-16/h2,4-6,9-11,13,16,19,21H,3,7-8,12,20H2,1H3. The Bertz CT molecular complexity index is 602. The Morgan fingerprint density at radius 3 is 2.62 bits per heavy atom. The van der Waals surface area contributed by atoms with Gasteiger partial charge in [0.15, 0.2) is 0 Å². The first-order valence-electron chi connectivity index (χ1n) is 7.88. The SMILES string of the molecule is Cc1cccc(CC(NN)c2cccc(C3CCC3)c2)c1. The molecule has 1 aliphatic rings. The number of hydrogen-bond acceptors (Lipinski definition) is 2. The summed E-state index contributed by atoms with van der Waals surface area (Å²) in [6.07, 6.45) is 4.97. The van der Waals surface area contributed by atoms with Crippen molar-refractivity contribution in [2.24, 2.45) is 5.84 Å². The molecule has 21 heavy (non-hydrogen) atoms. The lowest BCUT2D eigenvalue weighted by molar-refractivity contribution is 0.419. The van der Waals surface area contributed by atoms with Gasteiger partial charge in [-0.3, -0.25) is 11.3 Å². The van der Waals surface area contributed by atoms with Crippen LogP contribution in [0.5, 0.6) is 0 Å². The number of rotatable bonds is 5. The topological polar surface area (TPSA) is 38.0 Å². The van der Waals surface area contributed by atoms with Gasteiger partial charge in [-0.25, -0.2) is 0 Å². The molecule has 2 aromatic carbocycles. The number of nitrogens with two attached hydrogens (primary N) is 1. The predicted octanol–water partition coefficient (Wildman–Crippen LogP) is 4.01. The summed E-state index contributed by atoms with van der Waals surface area (Å²) in [6.45, 7) is 2.13. The van der Waals surface area contributed by atoms with Crippen molar-refractivity contribution in [2.45, 2.75) is 44.6 Å². The molecule has 1 atom stereocenters. The summed E-state index contributed by atoms with van der Waals surface area (Å²) in [6, 6.07) is 17.8. The van der Waals surface area contributed by atoms with Crippen LogP contribution in [0.3, 0.4) is 0 Å². The van der Waals surface area contributed by atoms with E-state index in [1.54, 1.807) is 0 Å². The Labute approximate surface area is 127 Å². The molecule has 0 aromatic heterocycles. The monoisotopic (exact) mass is 280 g/mol. The summed E-state index contributed by atoms with van der Waals surface area (Å²) in [5.41, 5.74) is 8.38. The van der Waals surface area contributed by atoms with Crippen LogP contribution >= 0.6 is 0 Å². The highest BCUT2D eigenvalue weighted by Gasteiger charge is 2.20. The Balaban J connectivity index is 1.79. The molecule has 110 valence electrons. The van der Waals surface area contributed by atoms with Gasteiger partial charge >= 0.3 is 0 Å². The molecule has 3 rings (SSSR count). The second kappa shape index (κ2) is 6.42. The maximum atomic E-state index is 5.81. The minimum atomic E-state index is 0.173. The van der Waals surface area contributed by atoms with Gasteiger partial charge in [0.25, 0.3) is 0 Å². The van der Waals surface area contributed by atoms with Gasteiger partial charge in [-0.2, -0.15) is 0 Å². The molecule has 0 amide bonds. The summed E-state index contributed by atoms with van der Waals surface area (Å²) < 4.78 is 0. The third-order valence-corrected chi connectivity index (χ3v) is 4.61. The zero-order valence-corrected chi connectivity index (χ0v) is 12.7. The second-order valence-corrected chi connectivity index (χ2v) is 6.21. The van der Waals surface area contributed by atoms with Crippen LogP contribution in [0.15, 0.2) is 48.5 Å². The van der Waals surface area contributed by atoms with Crippen molar-refractivity contribution in [1.29, 1.82) is 0 Å². The molecule has 3 N–H and O–H groups in total. The summed E-state index contributed by atoms with van der Waals surface area (Å²) in [4.78, 5) is 0. The second-order valence-electron chi connectivity index (χ2n) is 6.21. The fourth-order valence-electron chi connectivity index (χ4n) is 3.12. The largest absolute Gasteiger partial charge is 0.271 e. The van der Waals surface area contributed by atoms with Crippen LogP contribution in [-0.4, -0.2) is 0 Å². The molecular formula is C19H24N2. The van der Waals surface area contributed by atoms with Crippen molar-refractivity contribution >= 4 is 0 Å². The molecule has 0 saturated heterocycles. The normalized spacial score (nSPS) is 16.5. The molecule has 0 bridgehead atoms. The van der Waals surface area contributed by atoms with Gasteiger partial charge in [0.1, 0.15) is 0 Å². The van der Waals surface area contributed by atoms with Crippen molar-refractivity contribution in [3.63, 3.8) is 0 Å². The maximum absolute atomic E-state index is 5.81. The lowest BCUT2D eigenvalue weighted by atomic mass is 9.79. The van der Waals surface area contributed by atoms with Crippen molar-refractivity contribution in [3.05, 3.63) is 70.8 Å². The first kappa shape index (κ1) is 14.3. The number of nitrogens with one attached hydrogen (secondary N) is 1. The van der Waals surface area contributed by atoms with Gasteiger partial charge in [-0.1, -0.05) is 60.5 Å². The zero-order chi connectivity index (χ0) is 14.7.